The van der Waals surface area contributed by atoms with Crippen LogP contribution in [-0.4, -0.2) is 17.7 Å². The summed E-state index contributed by atoms with van der Waals surface area (Å²) in [6.07, 6.45) is 2.50. The van der Waals surface area contributed by atoms with Crippen molar-refractivity contribution in [3.63, 3.8) is 0 Å². The minimum absolute atomic E-state index is 0.345. The van der Waals surface area contributed by atoms with Crippen molar-refractivity contribution in [1.82, 2.24) is 0 Å². The number of halogens is 2. The third-order valence-electron chi connectivity index (χ3n) is 3.05. The minimum Gasteiger partial charge on any atom is -0.490 e. The van der Waals surface area contributed by atoms with Gasteiger partial charge >= 0.3 is 5.97 Å². The van der Waals surface area contributed by atoms with E-state index in [1.807, 2.05) is 31.2 Å². The molecule has 126 valence electrons. The van der Waals surface area contributed by atoms with E-state index in [0.717, 1.165) is 16.1 Å². The Kier molecular flexibility index (Phi) is 6.70. The number of aliphatic carboxylic acids is 1. The van der Waals surface area contributed by atoms with Crippen molar-refractivity contribution >= 4 is 39.6 Å². The Morgan fingerprint density at radius 1 is 1.25 bits per heavy atom. The van der Waals surface area contributed by atoms with Crippen molar-refractivity contribution in [3.8, 4) is 11.5 Å². The molecule has 2 aromatic rings. The van der Waals surface area contributed by atoms with Crippen molar-refractivity contribution in [1.29, 1.82) is 0 Å². The van der Waals surface area contributed by atoms with Crippen LogP contribution < -0.4 is 9.47 Å². The molecule has 0 saturated heterocycles. The molecular formula is C18H16BrClO4. The van der Waals surface area contributed by atoms with Gasteiger partial charge in [0.2, 0.25) is 0 Å². The summed E-state index contributed by atoms with van der Waals surface area (Å²) < 4.78 is 12.4. The number of carboxylic acids is 1. The highest BCUT2D eigenvalue weighted by Gasteiger charge is 2.12. The Morgan fingerprint density at radius 2 is 1.96 bits per heavy atom. The molecule has 0 bridgehead atoms. The number of carbonyl (C=O) groups is 1. The van der Waals surface area contributed by atoms with Crippen molar-refractivity contribution in [2.45, 2.75) is 13.5 Å². The summed E-state index contributed by atoms with van der Waals surface area (Å²) >= 11 is 9.67. The average Bonchev–Trinajstić information content (AvgIpc) is 2.54. The summed E-state index contributed by atoms with van der Waals surface area (Å²) in [6.45, 7) is 2.64. The van der Waals surface area contributed by atoms with Crippen molar-refractivity contribution in [2.24, 2.45) is 0 Å². The lowest BCUT2D eigenvalue weighted by Crippen LogP contribution is -2.01. The highest BCUT2D eigenvalue weighted by molar-refractivity contribution is 9.10. The lowest BCUT2D eigenvalue weighted by molar-refractivity contribution is -0.131. The molecule has 1 N–H and O–H groups in total. The van der Waals surface area contributed by atoms with Gasteiger partial charge in [0.25, 0.3) is 0 Å². The Morgan fingerprint density at radius 3 is 2.58 bits per heavy atom. The van der Waals surface area contributed by atoms with Crippen LogP contribution in [0, 0.1) is 0 Å². The first kappa shape index (κ1) is 18.4. The summed E-state index contributed by atoms with van der Waals surface area (Å²) in [5, 5.41) is 9.09. The molecule has 0 fully saturated rings. The Balaban J connectivity index is 2.23. The van der Waals surface area contributed by atoms with E-state index in [-0.39, 0.29) is 0 Å². The molecule has 2 rings (SSSR count). The zero-order valence-electron chi connectivity index (χ0n) is 13.0. The Hall–Kier alpha value is -1.98. The minimum atomic E-state index is -1.03. The summed E-state index contributed by atoms with van der Waals surface area (Å²) in [5.41, 5.74) is 1.62. The highest BCUT2D eigenvalue weighted by Crippen LogP contribution is 2.37. The third-order valence-corrected chi connectivity index (χ3v) is 3.86. The van der Waals surface area contributed by atoms with E-state index < -0.39 is 5.97 Å². The lowest BCUT2D eigenvalue weighted by Gasteiger charge is -2.14. The van der Waals surface area contributed by atoms with Gasteiger partial charge in [-0.3, -0.25) is 0 Å². The smallest absolute Gasteiger partial charge is 0.328 e. The number of rotatable bonds is 7. The van der Waals surface area contributed by atoms with E-state index in [1.54, 1.807) is 12.1 Å². The molecule has 0 aliphatic rings. The van der Waals surface area contributed by atoms with Gasteiger partial charge in [0, 0.05) is 10.5 Å². The molecule has 6 heteroatoms. The fraction of sp³-hybridized carbons (Fsp3) is 0.167. The Bertz CT molecular complexity index is 741. The van der Waals surface area contributed by atoms with Crippen molar-refractivity contribution in [3.05, 3.63) is 63.1 Å². The summed E-state index contributed by atoms with van der Waals surface area (Å²) in [6, 6.07) is 11.1. The fourth-order valence-corrected chi connectivity index (χ4v) is 2.53. The van der Waals surface area contributed by atoms with E-state index in [4.69, 9.17) is 26.2 Å². The normalized spacial score (nSPS) is 10.8. The topological polar surface area (TPSA) is 55.8 Å². The van der Waals surface area contributed by atoms with Gasteiger partial charge in [0.15, 0.2) is 11.5 Å². The number of hydrogen-bond acceptors (Lipinski definition) is 3. The van der Waals surface area contributed by atoms with Crippen molar-refractivity contribution < 1.29 is 19.4 Å². The number of hydrogen-bond donors (Lipinski definition) is 1. The maximum Gasteiger partial charge on any atom is 0.328 e. The molecule has 2 aromatic carbocycles. The van der Waals surface area contributed by atoms with E-state index in [0.29, 0.717) is 35.3 Å². The maximum atomic E-state index is 10.6. The monoisotopic (exact) mass is 410 g/mol. The number of ether oxygens (including phenoxy) is 2. The molecule has 0 radical (unpaired) electrons. The van der Waals surface area contributed by atoms with Gasteiger partial charge in [-0.2, -0.15) is 0 Å². The quantitative estimate of drug-likeness (QED) is 0.638. The average molecular weight is 412 g/mol. The van der Waals surface area contributed by atoms with Gasteiger partial charge in [-0.05, 0) is 48.4 Å². The zero-order chi connectivity index (χ0) is 17.5. The molecule has 4 nitrogen and oxygen atoms in total. The van der Waals surface area contributed by atoms with E-state index in [1.165, 1.54) is 6.08 Å². The molecular weight excluding hydrogens is 396 g/mol. The second-order valence-corrected chi connectivity index (χ2v) is 6.17. The first-order chi connectivity index (χ1) is 11.5. The maximum absolute atomic E-state index is 10.6. The summed E-state index contributed by atoms with van der Waals surface area (Å²) in [4.78, 5) is 10.6. The SMILES string of the molecule is CCOc1cc(/C=C/C(=O)O)cc(Cl)c1OCc1ccc(Br)cc1. The van der Waals surface area contributed by atoms with Crippen LogP contribution in [-0.2, 0) is 11.4 Å². The molecule has 0 aromatic heterocycles. The standard InChI is InChI=1S/C18H16BrClO4/c1-2-23-16-10-13(5-8-17(21)22)9-15(20)18(16)24-11-12-3-6-14(19)7-4-12/h3-10H,2,11H2,1H3,(H,21,22)/b8-5+. The molecule has 0 atom stereocenters. The molecule has 0 amide bonds. The summed E-state index contributed by atoms with van der Waals surface area (Å²) in [7, 11) is 0. The van der Waals surface area contributed by atoms with Crippen LogP contribution in [0.1, 0.15) is 18.1 Å². The predicted molar refractivity (Wildman–Crippen MR) is 97.8 cm³/mol. The second kappa shape index (κ2) is 8.76. The summed E-state index contributed by atoms with van der Waals surface area (Å²) in [5.74, 6) is -0.110. The Labute approximate surface area is 153 Å². The molecule has 24 heavy (non-hydrogen) atoms. The van der Waals surface area contributed by atoms with Crippen LogP contribution >= 0.6 is 27.5 Å². The van der Waals surface area contributed by atoms with Crippen LogP contribution in [0.2, 0.25) is 5.02 Å². The lowest BCUT2D eigenvalue weighted by atomic mass is 10.2. The van der Waals surface area contributed by atoms with Gasteiger partial charge in [0.05, 0.1) is 11.6 Å². The van der Waals surface area contributed by atoms with Crippen molar-refractivity contribution in [2.75, 3.05) is 6.61 Å². The predicted octanol–water partition coefficient (Wildman–Crippen LogP) is 5.18. The molecule has 0 spiro atoms. The van der Waals surface area contributed by atoms with Crippen LogP contribution in [0.25, 0.3) is 6.08 Å². The van der Waals surface area contributed by atoms with Gasteiger partial charge in [-0.15, -0.1) is 0 Å². The fourth-order valence-electron chi connectivity index (χ4n) is 1.99. The zero-order valence-corrected chi connectivity index (χ0v) is 15.3. The van der Waals surface area contributed by atoms with Crippen LogP contribution in [0.15, 0.2) is 46.9 Å². The van der Waals surface area contributed by atoms with Crippen LogP contribution in [0.3, 0.4) is 0 Å². The van der Waals surface area contributed by atoms with E-state index in [9.17, 15) is 4.79 Å². The highest BCUT2D eigenvalue weighted by atomic mass is 79.9. The van der Waals surface area contributed by atoms with Gasteiger partial charge in [-0.1, -0.05) is 39.7 Å². The molecule has 0 unspecified atom stereocenters. The van der Waals surface area contributed by atoms with Gasteiger partial charge < -0.3 is 14.6 Å². The largest absolute Gasteiger partial charge is 0.490 e. The molecule has 0 heterocycles. The van der Waals surface area contributed by atoms with Gasteiger partial charge in [-0.25, -0.2) is 4.79 Å². The number of benzene rings is 2. The van der Waals surface area contributed by atoms with E-state index >= 15 is 0 Å². The molecule has 0 aliphatic heterocycles. The van der Waals surface area contributed by atoms with Crippen LogP contribution in [0.5, 0.6) is 11.5 Å². The molecule has 0 aliphatic carbocycles. The third kappa shape index (κ3) is 5.28. The first-order valence-corrected chi connectivity index (χ1v) is 8.41. The second-order valence-electron chi connectivity index (χ2n) is 4.85. The van der Waals surface area contributed by atoms with E-state index in [2.05, 4.69) is 15.9 Å². The number of carboxylic acid groups (broad SMARTS) is 1. The van der Waals surface area contributed by atoms with Gasteiger partial charge in [0.1, 0.15) is 6.61 Å². The first-order valence-electron chi connectivity index (χ1n) is 7.24. The van der Waals surface area contributed by atoms with Crippen LogP contribution in [0.4, 0.5) is 0 Å². The molecule has 0 saturated carbocycles.